The van der Waals surface area contributed by atoms with Crippen molar-refractivity contribution in [1.82, 2.24) is 0 Å². The van der Waals surface area contributed by atoms with Gasteiger partial charge in [0.05, 0.1) is 0 Å². The molecule has 0 aliphatic carbocycles. The molecule has 16 valence electrons. The summed E-state index contributed by atoms with van der Waals surface area (Å²) >= 11 is 0. The summed E-state index contributed by atoms with van der Waals surface area (Å²) in [5.41, 5.74) is 0. The fourth-order valence-electron chi connectivity index (χ4n) is 0. The Labute approximate surface area is 132 Å². The third-order valence-electron chi connectivity index (χ3n) is 0. The molecule has 0 atom stereocenters. The SMILES string of the molecule is [K+].[K+].[Mg+2].[O-2].[O-2]. The zero-order valence-corrected chi connectivity index (χ0v) is 11.2. The molecule has 0 aliphatic rings. The van der Waals surface area contributed by atoms with Crippen LogP contribution in [0.1, 0.15) is 0 Å². The van der Waals surface area contributed by atoms with Crippen LogP contribution in [-0.4, -0.2) is 23.1 Å². The Hall–Kier alpha value is 3.96. The smallest absolute Gasteiger partial charge is 2.00 e. The maximum atomic E-state index is 0. The molecule has 0 rings (SSSR count). The van der Waals surface area contributed by atoms with Crippen LogP contribution in [0.25, 0.3) is 0 Å². The Bertz CT molecular complexity index is 7.61. The van der Waals surface area contributed by atoms with Crippen LogP contribution in [0.3, 0.4) is 0 Å². The van der Waals surface area contributed by atoms with Crippen LogP contribution >= 0.6 is 0 Å². The summed E-state index contributed by atoms with van der Waals surface area (Å²) < 4.78 is 0. The van der Waals surface area contributed by atoms with Crippen LogP contribution in [0.4, 0.5) is 0 Å². The van der Waals surface area contributed by atoms with E-state index in [0.717, 1.165) is 0 Å². The molecule has 0 spiro atoms. The molecular formula is K2MgO2. The normalized spacial score (nSPS) is 0. The molecular weight excluding hydrogens is 134 g/mol. The molecule has 0 heterocycles. The van der Waals surface area contributed by atoms with Gasteiger partial charge in [0.1, 0.15) is 0 Å². The van der Waals surface area contributed by atoms with Crippen molar-refractivity contribution in [3.05, 3.63) is 0 Å². The summed E-state index contributed by atoms with van der Waals surface area (Å²) in [7, 11) is 0. The Morgan fingerprint density at radius 3 is 0.600 bits per heavy atom. The third-order valence-corrected chi connectivity index (χ3v) is 0. The van der Waals surface area contributed by atoms with Crippen LogP contribution in [0.5, 0.6) is 0 Å². The predicted molar refractivity (Wildman–Crippen MR) is 7.13 cm³/mol. The van der Waals surface area contributed by atoms with Gasteiger partial charge in [-0.15, -0.1) is 0 Å². The fourth-order valence-corrected chi connectivity index (χ4v) is 0. The van der Waals surface area contributed by atoms with Gasteiger partial charge in [-0.3, -0.25) is 0 Å². The van der Waals surface area contributed by atoms with E-state index in [1.54, 1.807) is 0 Å². The molecule has 0 radical (unpaired) electrons. The molecule has 5 heteroatoms. The van der Waals surface area contributed by atoms with Gasteiger partial charge >= 0.3 is 126 Å². The second-order valence-electron chi connectivity index (χ2n) is 0. The second kappa shape index (κ2) is 24.6. The van der Waals surface area contributed by atoms with Crippen molar-refractivity contribution in [2.75, 3.05) is 0 Å². The second-order valence-corrected chi connectivity index (χ2v) is 0. The van der Waals surface area contributed by atoms with Gasteiger partial charge in [0.2, 0.25) is 0 Å². The summed E-state index contributed by atoms with van der Waals surface area (Å²) in [5, 5.41) is 0. The number of hydrogen-bond donors (Lipinski definition) is 0. The minimum absolute atomic E-state index is 0. The van der Waals surface area contributed by atoms with E-state index in [1.165, 1.54) is 0 Å². The van der Waals surface area contributed by atoms with Crippen molar-refractivity contribution in [3.63, 3.8) is 0 Å². The van der Waals surface area contributed by atoms with E-state index in [-0.39, 0.29) is 137 Å². The number of rotatable bonds is 0. The minimum atomic E-state index is 0. The molecule has 0 unspecified atom stereocenters. The van der Waals surface area contributed by atoms with Crippen LogP contribution in [0.2, 0.25) is 0 Å². The molecule has 0 aromatic heterocycles. The largest absolute Gasteiger partial charge is 2.00 e. The molecule has 2 nitrogen and oxygen atoms in total. The van der Waals surface area contributed by atoms with Crippen molar-refractivity contribution in [1.29, 1.82) is 0 Å². The van der Waals surface area contributed by atoms with Gasteiger partial charge in [-0.25, -0.2) is 0 Å². The minimum Gasteiger partial charge on any atom is -2.00 e. The van der Waals surface area contributed by atoms with Gasteiger partial charge in [-0.1, -0.05) is 0 Å². The number of hydrogen-bond acceptors (Lipinski definition) is 0. The van der Waals surface area contributed by atoms with Crippen molar-refractivity contribution >= 4 is 23.1 Å². The fraction of sp³-hybridized carbons (Fsp3) is 0. The van der Waals surface area contributed by atoms with E-state index in [0.29, 0.717) is 0 Å². The first-order chi connectivity index (χ1) is 0. The van der Waals surface area contributed by atoms with Gasteiger partial charge in [-0.2, -0.15) is 0 Å². The molecule has 0 aliphatic heterocycles. The van der Waals surface area contributed by atoms with Crippen molar-refractivity contribution < 1.29 is 114 Å². The van der Waals surface area contributed by atoms with Crippen molar-refractivity contribution in [2.24, 2.45) is 0 Å². The first kappa shape index (κ1) is 36.2. The van der Waals surface area contributed by atoms with E-state index in [2.05, 4.69) is 0 Å². The molecule has 0 amide bonds. The molecule has 0 bridgehead atoms. The van der Waals surface area contributed by atoms with Crippen LogP contribution in [0.15, 0.2) is 0 Å². The Kier molecular flexibility index (Phi) is 178. The average molecular weight is 134 g/mol. The summed E-state index contributed by atoms with van der Waals surface area (Å²) in [6.07, 6.45) is 0. The first-order valence-corrected chi connectivity index (χ1v) is 0. The Morgan fingerprint density at radius 2 is 0.600 bits per heavy atom. The van der Waals surface area contributed by atoms with Gasteiger partial charge < -0.3 is 11.0 Å². The predicted octanol–water partition coefficient (Wildman–Crippen LogP) is -6.61. The molecule has 0 aromatic carbocycles. The Balaban J connectivity index is 0. The van der Waals surface area contributed by atoms with Crippen molar-refractivity contribution in [3.8, 4) is 0 Å². The zero-order chi connectivity index (χ0) is 0. The van der Waals surface area contributed by atoms with E-state index < -0.39 is 0 Å². The summed E-state index contributed by atoms with van der Waals surface area (Å²) in [6.45, 7) is 0. The van der Waals surface area contributed by atoms with Crippen LogP contribution in [0, 0.1) is 0 Å². The summed E-state index contributed by atoms with van der Waals surface area (Å²) in [6, 6.07) is 0. The maximum absolute atomic E-state index is 0. The third kappa shape index (κ3) is 18.0. The monoisotopic (exact) mass is 134 g/mol. The average Bonchev–Trinajstić information content (AvgIpc) is 0. The zero-order valence-electron chi connectivity index (χ0n) is 3.52. The molecule has 0 saturated carbocycles. The van der Waals surface area contributed by atoms with E-state index in [9.17, 15) is 0 Å². The van der Waals surface area contributed by atoms with Crippen LogP contribution in [-0.2, 0) is 11.0 Å². The maximum Gasteiger partial charge on any atom is 2.00 e. The summed E-state index contributed by atoms with van der Waals surface area (Å²) in [4.78, 5) is 0. The van der Waals surface area contributed by atoms with Crippen LogP contribution < -0.4 is 103 Å². The first-order valence-electron chi connectivity index (χ1n) is 0. The standard InChI is InChI=1S/2K.Mg.2O/q2*+1;+2;2*-2. The summed E-state index contributed by atoms with van der Waals surface area (Å²) in [5.74, 6) is 0. The van der Waals surface area contributed by atoms with Gasteiger partial charge in [0.15, 0.2) is 0 Å². The molecule has 0 N–H and O–H groups in total. The molecule has 0 fully saturated rings. The quantitative estimate of drug-likeness (QED) is 0.296. The Morgan fingerprint density at radius 1 is 0.600 bits per heavy atom. The van der Waals surface area contributed by atoms with Gasteiger partial charge in [0, 0.05) is 0 Å². The molecule has 0 aromatic rings. The van der Waals surface area contributed by atoms with Gasteiger partial charge in [0.25, 0.3) is 0 Å². The molecule has 5 heavy (non-hydrogen) atoms. The molecule has 0 saturated heterocycles. The van der Waals surface area contributed by atoms with Crippen molar-refractivity contribution in [2.45, 2.75) is 0 Å². The van der Waals surface area contributed by atoms with E-state index >= 15 is 0 Å². The topological polar surface area (TPSA) is 57.0 Å². The van der Waals surface area contributed by atoms with E-state index in [1.807, 2.05) is 0 Å². The van der Waals surface area contributed by atoms with Gasteiger partial charge in [-0.05, 0) is 0 Å². The van der Waals surface area contributed by atoms with E-state index in [4.69, 9.17) is 0 Å².